The van der Waals surface area contributed by atoms with E-state index in [1.165, 1.54) is 11.5 Å². The van der Waals surface area contributed by atoms with Gasteiger partial charge >= 0.3 is 0 Å². The van der Waals surface area contributed by atoms with E-state index >= 15 is 0 Å². The average molecular weight is 270 g/mol. The molecule has 1 aliphatic rings. The molecule has 1 aromatic heterocycles. The molecule has 0 spiro atoms. The number of nitrogens with zero attached hydrogens (tertiary/aromatic N) is 3. The summed E-state index contributed by atoms with van der Waals surface area (Å²) in [4.78, 5) is 18.3. The quantitative estimate of drug-likeness (QED) is 0.841. The van der Waals surface area contributed by atoms with E-state index in [1.807, 2.05) is 4.90 Å². The van der Waals surface area contributed by atoms with Crippen molar-refractivity contribution in [2.24, 2.45) is 0 Å². The SMILES string of the molecule is CNC(=O)C1CCCN1c1nc(CCOC)ns1. The van der Waals surface area contributed by atoms with Crippen molar-refractivity contribution in [3.63, 3.8) is 0 Å². The lowest BCUT2D eigenvalue weighted by Crippen LogP contribution is -2.41. The Morgan fingerprint density at radius 3 is 3.22 bits per heavy atom. The highest BCUT2D eigenvalue weighted by atomic mass is 32.1. The van der Waals surface area contributed by atoms with Crippen LogP contribution in [0.4, 0.5) is 5.13 Å². The Balaban J connectivity index is 2.05. The van der Waals surface area contributed by atoms with E-state index in [0.29, 0.717) is 13.0 Å². The molecule has 0 aromatic carbocycles. The number of hydrogen-bond acceptors (Lipinski definition) is 6. The van der Waals surface area contributed by atoms with Crippen LogP contribution in [0.1, 0.15) is 18.7 Å². The smallest absolute Gasteiger partial charge is 0.242 e. The number of carbonyl (C=O) groups excluding carboxylic acids is 1. The van der Waals surface area contributed by atoms with Gasteiger partial charge < -0.3 is 15.0 Å². The lowest BCUT2D eigenvalue weighted by Gasteiger charge is -2.21. The van der Waals surface area contributed by atoms with Crippen LogP contribution in [0.5, 0.6) is 0 Å². The summed E-state index contributed by atoms with van der Waals surface area (Å²) in [7, 11) is 3.33. The summed E-state index contributed by atoms with van der Waals surface area (Å²) < 4.78 is 9.30. The number of likely N-dealkylation sites (N-methyl/N-ethyl adjacent to an activating group) is 1. The molecule has 1 saturated heterocycles. The Hall–Kier alpha value is -1.21. The van der Waals surface area contributed by atoms with E-state index in [1.54, 1.807) is 14.2 Å². The largest absolute Gasteiger partial charge is 0.384 e. The molecule has 7 heteroatoms. The summed E-state index contributed by atoms with van der Waals surface area (Å²) in [5, 5.41) is 3.54. The van der Waals surface area contributed by atoms with Crippen molar-refractivity contribution < 1.29 is 9.53 Å². The van der Waals surface area contributed by atoms with Crippen LogP contribution in [0.25, 0.3) is 0 Å². The van der Waals surface area contributed by atoms with Gasteiger partial charge in [0.2, 0.25) is 11.0 Å². The first-order valence-corrected chi connectivity index (χ1v) is 6.83. The standard InChI is InChI=1S/C11H18N4O2S/c1-12-10(16)8-4-3-6-15(8)11-13-9(14-18-11)5-7-17-2/h8H,3-7H2,1-2H3,(H,12,16). The molecule has 1 unspecified atom stereocenters. The summed E-state index contributed by atoms with van der Waals surface area (Å²) in [6.45, 7) is 1.49. The van der Waals surface area contributed by atoms with Gasteiger partial charge in [-0.2, -0.15) is 4.37 Å². The molecule has 1 aromatic rings. The van der Waals surface area contributed by atoms with E-state index in [9.17, 15) is 4.79 Å². The number of amides is 1. The zero-order chi connectivity index (χ0) is 13.0. The third-order valence-electron chi connectivity index (χ3n) is 3.03. The Kier molecular flexibility index (Phi) is 4.48. The Morgan fingerprint density at radius 2 is 2.50 bits per heavy atom. The second kappa shape index (κ2) is 6.10. The fraction of sp³-hybridized carbons (Fsp3) is 0.727. The normalized spacial score (nSPS) is 19.2. The maximum atomic E-state index is 11.8. The van der Waals surface area contributed by atoms with Crippen LogP contribution in [0.2, 0.25) is 0 Å². The van der Waals surface area contributed by atoms with Gasteiger partial charge in [-0.25, -0.2) is 4.98 Å². The van der Waals surface area contributed by atoms with E-state index < -0.39 is 0 Å². The second-order valence-electron chi connectivity index (χ2n) is 4.20. The number of ether oxygens (including phenoxy) is 1. The van der Waals surface area contributed by atoms with Gasteiger partial charge in [0, 0.05) is 38.7 Å². The zero-order valence-electron chi connectivity index (χ0n) is 10.7. The molecule has 0 aliphatic carbocycles. The van der Waals surface area contributed by atoms with E-state index in [0.717, 1.165) is 30.3 Å². The van der Waals surface area contributed by atoms with Gasteiger partial charge in [-0.15, -0.1) is 0 Å². The van der Waals surface area contributed by atoms with Gasteiger partial charge in [0.1, 0.15) is 11.9 Å². The Morgan fingerprint density at radius 1 is 1.67 bits per heavy atom. The second-order valence-corrected chi connectivity index (χ2v) is 4.93. The van der Waals surface area contributed by atoms with Crippen LogP contribution in [0.3, 0.4) is 0 Å². The van der Waals surface area contributed by atoms with Gasteiger partial charge in [0.25, 0.3) is 0 Å². The highest BCUT2D eigenvalue weighted by Gasteiger charge is 2.32. The fourth-order valence-electron chi connectivity index (χ4n) is 2.09. The first kappa shape index (κ1) is 13.2. The summed E-state index contributed by atoms with van der Waals surface area (Å²) in [6, 6.07) is -0.0989. The molecule has 2 heterocycles. The lowest BCUT2D eigenvalue weighted by atomic mass is 10.2. The Bertz CT molecular complexity index is 410. The number of aromatic nitrogens is 2. The van der Waals surface area contributed by atoms with Crippen molar-refractivity contribution in [3.8, 4) is 0 Å². The molecule has 18 heavy (non-hydrogen) atoms. The number of anilines is 1. The Labute approximate surface area is 111 Å². The third kappa shape index (κ3) is 2.78. The maximum absolute atomic E-state index is 11.8. The first-order valence-electron chi connectivity index (χ1n) is 6.06. The maximum Gasteiger partial charge on any atom is 0.242 e. The summed E-state index contributed by atoms with van der Waals surface area (Å²) in [5.74, 6) is 0.848. The molecule has 6 nitrogen and oxygen atoms in total. The molecule has 1 fully saturated rings. The first-order chi connectivity index (χ1) is 8.76. The van der Waals surface area contributed by atoms with Crippen LogP contribution in [-0.4, -0.2) is 48.6 Å². The van der Waals surface area contributed by atoms with E-state index in [2.05, 4.69) is 14.7 Å². The monoisotopic (exact) mass is 270 g/mol. The minimum Gasteiger partial charge on any atom is -0.384 e. The minimum absolute atomic E-state index is 0.0566. The predicted molar refractivity (Wildman–Crippen MR) is 69.9 cm³/mol. The molecule has 0 radical (unpaired) electrons. The highest BCUT2D eigenvalue weighted by molar-refractivity contribution is 7.09. The van der Waals surface area contributed by atoms with Gasteiger partial charge in [0.05, 0.1) is 6.61 Å². The van der Waals surface area contributed by atoms with E-state index in [4.69, 9.17) is 4.74 Å². The van der Waals surface area contributed by atoms with Crippen molar-refractivity contribution in [2.45, 2.75) is 25.3 Å². The van der Waals surface area contributed by atoms with Crippen molar-refractivity contribution in [2.75, 3.05) is 32.2 Å². The third-order valence-corrected chi connectivity index (χ3v) is 3.83. The number of carbonyl (C=O) groups is 1. The summed E-state index contributed by atoms with van der Waals surface area (Å²) in [6.07, 6.45) is 2.61. The number of nitrogens with one attached hydrogen (secondary N) is 1. The zero-order valence-corrected chi connectivity index (χ0v) is 11.5. The van der Waals surface area contributed by atoms with Gasteiger partial charge in [-0.3, -0.25) is 4.79 Å². The molecule has 100 valence electrons. The van der Waals surface area contributed by atoms with Gasteiger partial charge in [-0.05, 0) is 12.8 Å². The predicted octanol–water partition coefficient (Wildman–Crippen LogP) is 0.442. The average Bonchev–Trinajstić information content (AvgIpc) is 3.03. The van der Waals surface area contributed by atoms with Crippen LogP contribution in [0.15, 0.2) is 0 Å². The van der Waals surface area contributed by atoms with Crippen molar-refractivity contribution in [1.82, 2.24) is 14.7 Å². The molecule has 0 saturated carbocycles. The number of methoxy groups -OCH3 is 1. The van der Waals surface area contributed by atoms with Crippen molar-refractivity contribution in [3.05, 3.63) is 5.82 Å². The molecular weight excluding hydrogens is 252 g/mol. The molecule has 1 aliphatic heterocycles. The van der Waals surface area contributed by atoms with Crippen LogP contribution in [0, 0.1) is 0 Å². The van der Waals surface area contributed by atoms with Crippen LogP contribution >= 0.6 is 11.5 Å². The van der Waals surface area contributed by atoms with Crippen molar-refractivity contribution >= 4 is 22.6 Å². The molecule has 0 bridgehead atoms. The van der Waals surface area contributed by atoms with Gasteiger partial charge in [-0.1, -0.05) is 0 Å². The highest BCUT2D eigenvalue weighted by Crippen LogP contribution is 2.27. The lowest BCUT2D eigenvalue weighted by molar-refractivity contribution is -0.121. The molecule has 1 amide bonds. The van der Waals surface area contributed by atoms with Crippen LogP contribution < -0.4 is 10.2 Å². The number of rotatable bonds is 5. The molecular formula is C11H18N4O2S. The number of hydrogen-bond donors (Lipinski definition) is 1. The summed E-state index contributed by atoms with van der Waals surface area (Å²) >= 11 is 1.36. The fourth-order valence-corrected chi connectivity index (χ4v) is 2.88. The van der Waals surface area contributed by atoms with Gasteiger partial charge in [0.15, 0.2) is 0 Å². The van der Waals surface area contributed by atoms with E-state index in [-0.39, 0.29) is 11.9 Å². The van der Waals surface area contributed by atoms with Crippen LogP contribution in [-0.2, 0) is 16.0 Å². The van der Waals surface area contributed by atoms with Crippen molar-refractivity contribution in [1.29, 1.82) is 0 Å². The minimum atomic E-state index is -0.0989. The molecule has 1 atom stereocenters. The summed E-state index contributed by atoms with van der Waals surface area (Å²) in [5.41, 5.74) is 0. The molecule has 1 N–H and O–H groups in total. The molecule has 2 rings (SSSR count). The topological polar surface area (TPSA) is 67.4 Å².